The molecule has 0 aliphatic heterocycles. The van der Waals surface area contributed by atoms with E-state index < -0.39 is 5.41 Å². The second kappa shape index (κ2) is 5.82. The van der Waals surface area contributed by atoms with Crippen LogP contribution in [0.1, 0.15) is 32.3 Å². The van der Waals surface area contributed by atoms with E-state index in [4.69, 9.17) is 11.7 Å². The number of aliphatic hydroxyl groups excluding tert-OH is 1. The Morgan fingerprint density at radius 3 is 2.76 bits per heavy atom. The average Bonchev–Trinajstić information content (AvgIpc) is 2.79. The molecule has 1 unspecified atom stereocenters. The fraction of sp³-hybridized carbons (Fsp3) is 0.538. The molecule has 0 radical (unpaired) electrons. The van der Waals surface area contributed by atoms with Gasteiger partial charge in [0.1, 0.15) is 0 Å². The largest absolute Gasteiger partial charge is 0.396 e. The molecule has 1 heterocycles. The highest BCUT2D eigenvalue weighted by Crippen LogP contribution is 2.40. The third kappa shape index (κ3) is 2.66. The van der Waals surface area contributed by atoms with E-state index >= 15 is 0 Å². The van der Waals surface area contributed by atoms with Gasteiger partial charge >= 0.3 is 0 Å². The zero-order valence-electron chi connectivity index (χ0n) is 10.1. The molecule has 4 heteroatoms. The van der Waals surface area contributed by atoms with E-state index in [-0.39, 0.29) is 12.5 Å². The topological polar surface area (TPSA) is 48.4 Å². The van der Waals surface area contributed by atoms with Gasteiger partial charge in [-0.1, -0.05) is 13.8 Å². The molecule has 0 aromatic carbocycles. The lowest BCUT2D eigenvalue weighted by molar-refractivity contribution is 0.257. The SMILES string of the molecule is [C-]#[N+]c1cc(C(C#N)(CCCO)C(C)C)cs1. The molecule has 0 aliphatic carbocycles. The van der Waals surface area contributed by atoms with Crippen LogP contribution in [-0.2, 0) is 5.41 Å². The Morgan fingerprint density at radius 1 is 1.65 bits per heavy atom. The lowest BCUT2D eigenvalue weighted by Crippen LogP contribution is -2.30. The number of hydrogen-bond donors (Lipinski definition) is 1. The molecule has 0 spiro atoms. The monoisotopic (exact) mass is 248 g/mol. The minimum Gasteiger partial charge on any atom is -0.396 e. The van der Waals surface area contributed by atoms with Gasteiger partial charge in [0.2, 0.25) is 5.00 Å². The standard InChI is InChI=1S/C13H16N2OS/c1-10(2)13(9-14,5-4-6-16)11-7-12(15-3)17-8-11/h7-8,10,16H,4-6H2,1-2H3. The highest BCUT2D eigenvalue weighted by molar-refractivity contribution is 7.14. The predicted octanol–water partition coefficient (Wildman–Crippen LogP) is 3.49. The molecule has 0 bridgehead atoms. The summed E-state index contributed by atoms with van der Waals surface area (Å²) >= 11 is 1.37. The number of aliphatic hydroxyl groups is 1. The molecular formula is C13H16N2OS. The average molecular weight is 248 g/mol. The highest BCUT2D eigenvalue weighted by Gasteiger charge is 2.36. The van der Waals surface area contributed by atoms with Crippen molar-refractivity contribution in [2.45, 2.75) is 32.1 Å². The van der Waals surface area contributed by atoms with E-state index in [9.17, 15) is 5.26 Å². The van der Waals surface area contributed by atoms with Gasteiger partial charge in [0, 0.05) is 6.61 Å². The third-order valence-electron chi connectivity index (χ3n) is 3.13. The quantitative estimate of drug-likeness (QED) is 0.811. The van der Waals surface area contributed by atoms with Crippen LogP contribution < -0.4 is 0 Å². The molecule has 1 rings (SSSR count). The summed E-state index contributed by atoms with van der Waals surface area (Å²) in [5.41, 5.74) is 0.335. The van der Waals surface area contributed by atoms with Crippen LogP contribution in [0.3, 0.4) is 0 Å². The molecule has 0 amide bonds. The number of rotatable bonds is 5. The molecule has 1 atom stereocenters. The Labute approximate surface area is 106 Å². The molecule has 17 heavy (non-hydrogen) atoms. The van der Waals surface area contributed by atoms with Crippen molar-refractivity contribution in [1.29, 1.82) is 5.26 Å². The molecule has 1 N–H and O–H groups in total. The summed E-state index contributed by atoms with van der Waals surface area (Å²) in [6, 6.07) is 4.20. The molecule has 1 aromatic heterocycles. The van der Waals surface area contributed by atoms with Gasteiger partial charge in [-0.2, -0.15) is 16.6 Å². The van der Waals surface area contributed by atoms with E-state index in [1.54, 1.807) is 6.07 Å². The molecular weight excluding hydrogens is 232 g/mol. The van der Waals surface area contributed by atoms with Crippen molar-refractivity contribution in [2.24, 2.45) is 5.92 Å². The van der Waals surface area contributed by atoms with Crippen LogP contribution in [0.2, 0.25) is 0 Å². The van der Waals surface area contributed by atoms with Crippen LogP contribution in [0.4, 0.5) is 5.00 Å². The fourth-order valence-electron chi connectivity index (χ4n) is 1.99. The summed E-state index contributed by atoms with van der Waals surface area (Å²) < 4.78 is 0. The van der Waals surface area contributed by atoms with E-state index in [0.29, 0.717) is 17.8 Å². The zero-order valence-corrected chi connectivity index (χ0v) is 10.9. The second-order valence-electron chi connectivity index (χ2n) is 4.35. The first kappa shape index (κ1) is 13.7. The maximum Gasteiger partial charge on any atom is 0.241 e. The summed E-state index contributed by atoms with van der Waals surface area (Å²) in [5, 5.41) is 21.0. The van der Waals surface area contributed by atoms with Crippen LogP contribution in [0.15, 0.2) is 11.4 Å². The summed E-state index contributed by atoms with van der Waals surface area (Å²) in [4.78, 5) is 3.39. The van der Waals surface area contributed by atoms with Crippen molar-refractivity contribution >= 4 is 16.3 Å². The van der Waals surface area contributed by atoms with Gasteiger partial charge in [-0.05, 0) is 35.8 Å². The maximum absolute atomic E-state index is 9.50. The fourth-order valence-corrected chi connectivity index (χ4v) is 2.77. The summed E-state index contributed by atoms with van der Waals surface area (Å²) in [6.07, 6.45) is 1.24. The van der Waals surface area contributed by atoms with Gasteiger partial charge in [0.25, 0.3) is 0 Å². The van der Waals surface area contributed by atoms with Crippen molar-refractivity contribution < 1.29 is 5.11 Å². The summed E-state index contributed by atoms with van der Waals surface area (Å²) in [5.74, 6) is 0.159. The van der Waals surface area contributed by atoms with Crippen molar-refractivity contribution in [3.05, 3.63) is 28.4 Å². The molecule has 0 saturated heterocycles. The lowest BCUT2D eigenvalue weighted by Gasteiger charge is -2.30. The summed E-state index contributed by atoms with van der Waals surface area (Å²) in [6.45, 7) is 11.1. The first-order valence-corrected chi connectivity index (χ1v) is 6.47. The summed E-state index contributed by atoms with van der Waals surface area (Å²) in [7, 11) is 0. The molecule has 0 saturated carbocycles. The van der Waals surface area contributed by atoms with Crippen LogP contribution in [0, 0.1) is 23.8 Å². The minimum atomic E-state index is -0.581. The van der Waals surface area contributed by atoms with Crippen molar-refractivity contribution in [1.82, 2.24) is 0 Å². The van der Waals surface area contributed by atoms with E-state index in [2.05, 4.69) is 10.9 Å². The minimum absolute atomic E-state index is 0.0932. The predicted molar refractivity (Wildman–Crippen MR) is 69.0 cm³/mol. The van der Waals surface area contributed by atoms with Crippen molar-refractivity contribution in [3.8, 4) is 6.07 Å². The first-order chi connectivity index (χ1) is 8.10. The van der Waals surface area contributed by atoms with Crippen molar-refractivity contribution in [2.75, 3.05) is 6.61 Å². The third-order valence-corrected chi connectivity index (χ3v) is 3.95. The lowest BCUT2D eigenvalue weighted by atomic mass is 9.71. The number of nitriles is 1. The highest BCUT2D eigenvalue weighted by atomic mass is 32.1. The van der Waals surface area contributed by atoms with Gasteiger partial charge in [0.05, 0.1) is 18.1 Å². The van der Waals surface area contributed by atoms with E-state index in [1.807, 2.05) is 19.2 Å². The van der Waals surface area contributed by atoms with Crippen molar-refractivity contribution in [3.63, 3.8) is 0 Å². The molecule has 90 valence electrons. The molecule has 0 fully saturated rings. The Hall–Kier alpha value is -1.36. The number of nitrogens with zero attached hydrogens (tertiary/aromatic N) is 2. The first-order valence-electron chi connectivity index (χ1n) is 5.59. The Kier molecular flexibility index (Phi) is 4.69. The van der Waals surface area contributed by atoms with Crippen LogP contribution in [0.5, 0.6) is 0 Å². The molecule has 0 aliphatic rings. The normalized spacial score (nSPS) is 14.0. The van der Waals surface area contributed by atoms with Gasteiger partial charge in [-0.25, -0.2) is 4.85 Å². The van der Waals surface area contributed by atoms with E-state index in [0.717, 1.165) is 5.56 Å². The Balaban J connectivity index is 3.14. The van der Waals surface area contributed by atoms with E-state index in [1.165, 1.54) is 11.3 Å². The number of hydrogen-bond acceptors (Lipinski definition) is 3. The van der Waals surface area contributed by atoms with Crippen LogP contribution >= 0.6 is 11.3 Å². The van der Waals surface area contributed by atoms with Crippen LogP contribution in [0.25, 0.3) is 4.85 Å². The smallest absolute Gasteiger partial charge is 0.241 e. The zero-order chi connectivity index (χ0) is 12.9. The Morgan fingerprint density at radius 2 is 2.35 bits per heavy atom. The van der Waals surface area contributed by atoms with Gasteiger partial charge in [0.15, 0.2) is 0 Å². The van der Waals surface area contributed by atoms with Gasteiger partial charge < -0.3 is 5.11 Å². The maximum atomic E-state index is 9.50. The van der Waals surface area contributed by atoms with Gasteiger partial charge in [-0.3, -0.25) is 0 Å². The molecule has 3 nitrogen and oxygen atoms in total. The Bertz CT molecular complexity index is 453. The van der Waals surface area contributed by atoms with Crippen LogP contribution in [-0.4, -0.2) is 11.7 Å². The van der Waals surface area contributed by atoms with Gasteiger partial charge in [-0.15, -0.1) is 0 Å². The second-order valence-corrected chi connectivity index (χ2v) is 5.24. The number of thiophene rings is 1. The molecule has 1 aromatic rings.